The van der Waals surface area contributed by atoms with Crippen LogP contribution in [0.4, 0.5) is 4.39 Å². The smallest absolute Gasteiger partial charge is 0.159 e. The highest BCUT2D eigenvalue weighted by molar-refractivity contribution is 5.55. The van der Waals surface area contributed by atoms with Crippen LogP contribution in [-0.2, 0) is 6.42 Å². The molecule has 0 aliphatic rings. The summed E-state index contributed by atoms with van der Waals surface area (Å²) >= 11 is 0. The maximum absolute atomic E-state index is 14.2. The number of aromatic nitrogens is 2. The van der Waals surface area contributed by atoms with E-state index in [0.29, 0.717) is 23.9 Å². The first-order valence-corrected chi connectivity index (χ1v) is 14.3. The minimum atomic E-state index is -0.943. The second kappa shape index (κ2) is 18.3. The Bertz CT molecular complexity index is 763. The standard InChI is InChI=1S/C31H49FN2O/c1-4-6-8-9-10-11-12-13-17-27-19-21-28(22-20-27)31-33-23-30(24-34-31)35-25-29(32)18-14-16-26(3)15-7-5-2/h19-24,26,29H,4-18,25H2,1-3H3. The Balaban J connectivity index is 1.64. The van der Waals surface area contributed by atoms with Crippen LogP contribution in [-0.4, -0.2) is 22.7 Å². The predicted octanol–water partition coefficient (Wildman–Crippen LogP) is 9.54. The van der Waals surface area contributed by atoms with E-state index in [-0.39, 0.29) is 6.61 Å². The third-order valence-electron chi connectivity index (χ3n) is 6.85. The average molecular weight is 485 g/mol. The molecule has 2 unspecified atom stereocenters. The average Bonchev–Trinajstić information content (AvgIpc) is 2.88. The summed E-state index contributed by atoms with van der Waals surface area (Å²) in [5, 5.41) is 0. The summed E-state index contributed by atoms with van der Waals surface area (Å²) in [6, 6.07) is 8.55. The molecule has 0 amide bonds. The number of aryl methyl sites for hydroxylation is 1. The summed E-state index contributed by atoms with van der Waals surface area (Å²) in [5.41, 5.74) is 2.37. The van der Waals surface area contributed by atoms with Crippen molar-refractivity contribution in [2.75, 3.05) is 6.61 Å². The van der Waals surface area contributed by atoms with Gasteiger partial charge in [0.25, 0.3) is 0 Å². The van der Waals surface area contributed by atoms with Crippen LogP contribution in [0.2, 0.25) is 0 Å². The van der Waals surface area contributed by atoms with Crippen LogP contribution in [0.1, 0.15) is 116 Å². The largest absolute Gasteiger partial charge is 0.487 e. The van der Waals surface area contributed by atoms with Crippen LogP contribution in [0.3, 0.4) is 0 Å². The number of rotatable bonds is 20. The minimum Gasteiger partial charge on any atom is -0.487 e. The number of unbranched alkanes of at least 4 members (excludes halogenated alkanes) is 8. The van der Waals surface area contributed by atoms with Crippen LogP contribution < -0.4 is 4.74 Å². The fraction of sp³-hybridized carbons (Fsp3) is 0.677. The van der Waals surface area contributed by atoms with Gasteiger partial charge in [0.15, 0.2) is 11.6 Å². The predicted molar refractivity (Wildman–Crippen MR) is 147 cm³/mol. The molecule has 2 aromatic rings. The molecule has 4 heteroatoms. The van der Waals surface area contributed by atoms with Gasteiger partial charge in [-0.2, -0.15) is 0 Å². The number of halogens is 1. The van der Waals surface area contributed by atoms with E-state index in [0.717, 1.165) is 24.8 Å². The molecule has 1 aromatic heterocycles. The van der Waals surface area contributed by atoms with Gasteiger partial charge in [-0.25, -0.2) is 14.4 Å². The van der Waals surface area contributed by atoms with Crippen molar-refractivity contribution < 1.29 is 9.13 Å². The van der Waals surface area contributed by atoms with Crippen molar-refractivity contribution in [3.63, 3.8) is 0 Å². The molecule has 3 nitrogen and oxygen atoms in total. The monoisotopic (exact) mass is 484 g/mol. The van der Waals surface area contributed by atoms with E-state index in [2.05, 4.69) is 55.0 Å². The second-order valence-corrected chi connectivity index (χ2v) is 10.3. The summed E-state index contributed by atoms with van der Waals surface area (Å²) in [4.78, 5) is 8.86. The molecule has 1 aromatic carbocycles. The Morgan fingerprint density at radius 2 is 1.34 bits per heavy atom. The summed E-state index contributed by atoms with van der Waals surface area (Å²) < 4.78 is 19.8. The summed E-state index contributed by atoms with van der Waals surface area (Å²) in [5.74, 6) is 1.89. The van der Waals surface area contributed by atoms with E-state index >= 15 is 0 Å². The lowest BCUT2D eigenvalue weighted by atomic mass is 9.97. The number of hydrogen-bond acceptors (Lipinski definition) is 3. The van der Waals surface area contributed by atoms with Crippen molar-refractivity contribution in [1.29, 1.82) is 0 Å². The Labute approximate surface area is 214 Å². The third kappa shape index (κ3) is 13.1. The molecular weight excluding hydrogens is 435 g/mol. The van der Waals surface area contributed by atoms with Crippen LogP contribution in [0.5, 0.6) is 5.75 Å². The van der Waals surface area contributed by atoms with E-state index in [1.54, 1.807) is 12.4 Å². The Kier molecular flexibility index (Phi) is 15.3. The van der Waals surface area contributed by atoms with Crippen molar-refractivity contribution in [1.82, 2.24) is 9.97 Å². The summed E-state index contributed by atoms with van der Waals surface area (Å²) in [6.45, 7) is 6.82. The van der Waals surface area contributed by atoms with Gasteiger partial charge >= 0.3 is 0 Å². The highest BCUT2D eigenvalue weighted by Crippen LogP contribution is 2.20. The van der Waals surface area contributed by atoms with Gasteiger partial charge in [-0.3, -0.25) is 0 Å². The molecule has 2 rings (SSSR count). The van der Waals surface area contributed by atoms with Gasteiger partial charge in [0, 0.05) is 5.56 Å². The van der Waals surface area contributed by atoms with Gasteiger partial charge in [0.05, 0.1) is 12.4 Å². The minimum absolute atomic E-state index is 0.0689. The number of ether oxygens (including phenoxy) is 1. The van der Waals surface area contributed by atoms with Gasteiger partial charge in [-0.05, 0) is 30.7 Å². The number of hydrogen-bond donors (Lipinski definition) is 0. The van der Waals surface area contributed by atoms with Crippen LogP contribution in [0.25, 0.3) is 11.4 Å². The van der Waals surface area contributed by atoms with Gasteiger partial charge < -0.3 is 4.74 Å². The molecule has 35 heavy (non-hydrogen) atoms. The maximum atomic E-state index is 14.2. The number of benzene rings is 1. The quantitative estimate of drug-likeness (QED) is 0.175. The molecule has 0 fully saturated rings. The van der Waals surface area contributed by atoms with Gasteiger partial charge in [-0.15, -0.1) is 0 Å². The highest BCUT2D eigenvalue weighted by atomic mass is 19.1. The molecular formula is C31H49FN2O. The molecule has 196 valence electrons. The van der Waals surface area contributed by atoms with Gasteiger partial charge in [0.1, 0.15) is 12.8 Å². The maximum Gasteiger partial charge on any atom is 0.159 e. The zero-order valence-corrected chi connectivity index (χ0v) is 22.6. The van der Waals surface area contributed by atoms with Crippen LogP contribution in [0.15, 0.2) is 36.7 Å². The SMILES string of the molecule is CCCCCCCCCCc1ccc(-c2ncc(OCC(F)CCCC(C)CCCC)cn2)cc1. The van der Waals surface area contributed by atoms with Crippen molar-refractivity contribution in [2.24, 2.45) is 5.92 Å². The van der Waals surface area contributed by atoms with Crippen molar-refractivity contribution >= 4 is 0 Å². The van der Waals surface area contributed by atoms with Crippen LogP contribution >= 0.6 is 0 Å². The van der Waals surface area contributed by atoms with E-state index in [9.17, 15) is 4.39 Å². The fourth-order valence-electron chi connectivity index (χ4n) is 4.48. The lowest BCUT2D eigenvalue weighted by molar-refractivity contribution is 0.181. The molecule has 0 aliphatic heterocycles. The van der Waals surface area contributed by atoms with Crippen LogP contribution in [0, 0.1) is 5.92 Å². The molecule has 0 radical (unpaired) electrons. The zero-order valence-electron chi connectivity index (χ0n) is 22.6. The first kappa shape index (κ1) is 29.3. The van der Waals surface area contributed by atoms with Crippen molar-refractivity contribution in [3.8, 4) is 17.1 Å². The number of nitrogens with zero attached hydrogens (tertiary/aromatic N) is 2. The second-order valence-electron chi connectivity index (χ2n) is 10.3. The molecule has 0 saturated carbocycles. The molecule has 0 spiro atoms. The molecule has 1 heterocycles. The third-order valence-corrected chi connectivity index (χ3v) is 6.85. The Morgan fingerprint density at radius 1 is 0.743 bits per heavy atom. The first-order chi connectivity index (χ1) is 17.1. The lowest BCUT2D eigenvalue weighted by Crippen LogP contribution is -2.13. The highest BCUT2D eigenvalue weighted by Gasteiger charge is 2.10. The first-order valence-electron chi connectivity index (χ1n) is 14.3. The Morgan fingerprint density at radius 3 is 2.00 bits per heavy atom. The topological polar surface area (TPSA) is 35.0 Å². The van der Waals surface area contributed by atoms with E-state index in [1.807, 2.05) is 0 Å². The van der Waals surface area contributed by atoms with E-state index in [4.69, 9.17) is 4.74 Å². The summed E-state index contributed by atoms with van der Waals surface area (Å²) in [7, 11) is 0. The molecule has 0 N–H and O–H groups in total. The zero-order chi connectivity index (χ0) is 25.1. The van der Waals surface area contributed by atoms with Crippen molar-refractivity contribution in [3.05, 3.63) is 42.2 Å². The Hall–Kier alpha value is -1.97. The lowest BCUT2D eigenvalue weighted by Gasteiger charge is -2.13. The van der Waals surface area contributed by atoms with E-state index < -0.39 is 6.17 Å². The molecule has 0 aliphatic carbocycles. The molecule has 2 atom stereocenters. The fourth-order valence-corrected chi connectivity index (χ4v) is 4.48. The van der Waals surface area contributed by atoms with E-state index in [1.165, 1.54) is 76.2 Å². The van der Waals surface area contributed by atoms with Gasteiger partial charge in [-0.1, -0.05) is 122 Å². The molecule has 0 bridgehead atoms. The number of alkyl halides is 1. The molecule has 0 saturated heterocycles. The van der Waals surface area contributed by atoms with Gasteiger partial charge in [0.2, 0.25) is 0 Å². The summed E-state index contributed by atoms with van der Waals surface area (Å²) in [6.07, 6.45) is 20.6. The normalized spacial score (nSPS) is 13.0. The van der Waals surface area contributed by atoms with Crippen molar-refractivity contribution in [2.45, 2.75) is 123 Å².